The van der Waals surface area contributed by atoms with Gasteiger partial charge in [-0.15, -0.1) is 0 Å². The Morgan fingerprint density at radius 2 is 1.48 bits per heavy atom. The molecule has 0 heterocycles. The van der Waals surface area contributed by atoms with Crippen LogP contribution in [0.1, 0.15) is 20.7 Å². The Morgan fingerprint density at radius 3 is 2.17 bits per heavy atom. The van der Waals surface area contributed by atoms with Gasteiger partial charge < -0.3 is 10.6 Å². The fourth-order valence-corrected chi connectivity index (χ4v) is 3.10. The highest BCUT2D eigenvalue weighted by atomic mass is 79.9. The summed E-state index contributed by atoms with van der Waals surface area (Å²) in [6.07, 6.45) is 0. The van der Waals surface area contributed by atoms with E-state index in [-0.39, 0.29) is 16.9 Å². The van der Waals surface area contributed by atoms with Crippen molar-refractivity contribution in [1.29, 1.82) is 0 Å². The van der Waals surface area contributed by atoms with Crippen LogP contribution in [0.5, 0.6) is 0 Å². The molecule has 5 nitrogen and oxygen atoms in total. The Bertz CT molecular complexity index is 1060. The average Bonchev–Trinajstić information content (AvgIpc) is 2.71. The Hall–Kier alpha value is -2.74. The lowest BCUT2D eigenvalue weighted by atomic mass is 10.2. The highest BCUT2D eigenvalue weighted by Crippen LogP contribution is 2.26. The smallest absolute Gasteiger partial charge is 0.257 e. The number of hydrogen-bond acceptors (Lipinski definition) is 3. The Kier molecular flexibility index (Phi) is 6.98. The van der Waals surface area contributed by atoms with Crippen molar-refractivity contribution in [3.05, 3.63) is 93.4 Å². The van der Waals surface area contributed by atoms with Crippen LogP contribution in [0.4, 0.5) is 11.4 Å². The number of thiocarbonyl (C=S) groups is 1. The summed E-state index contributed by atoms with van der Waals surface area (Å²) in [5, 5.41) is 9.06. The third-order valence-electron chi connectivity index (χ3n) is 3.84. The van der Waals surface area contributed by atoms with Gasteiger partial charge in [0.05, 0.1) is 5.69 Å². The van der Waals surface area contributed by atoms with E-state index >= 15 is 0 Å². The maximum atomic E-state index is 12.4. The van der Waals surface area contributed by atoms with Gasteiger partial charge in [0, 0.05) is 26.3 Å². The topological polar surface area (TPSA) is 70.2 Å². The van der Waals surface area contributed by atoms with Crippen LogP contribution in [0, 0.1) is 0 Å². The van der Waals surface area contributed by atoms with Gasteiger partial charge in [-0.05, 0) is 82.7 Å². The fourth-order valence-electron chi connectivity index (χ4n) is 2.42. The first-order valence-electron chi connectivity index (χ1n) is 8.46. The number of amides is 2. The average molecular weight is 489 g/mol. The number of halogens is 2. The number of nitrogens with one attached hydrogen (secondary N) is 3. The normalized spacial score (nSPS) is 10.1. The van der Waals surface area contributed by atoms with Crippen molar-refractivity contribution < 1.29 is 9.59 Å². The lowest BCUT2D eigenvalue weighted by Gasteiger charge is -2.13. The number of carbonyl (C=O) groups is 2. The minimum Gasteiger partial charge on any atom is -0.332 e. The summed E-state index contributed by atoms with van der Waals surface area (Å²) in [7, 11) is 0. The van der Waals surface area contributed by atoms with Crippen LogP contribution in [0.2, 0.25) is 5.02 Å². The molecule has 0 unspecified atom stereocenters. The summed E-state index contributed by atoms with van der Waals surface area (Å²) in [4.78, 5) is 24.6. The first kappa shape index (κ1) is 21.0. The lowest BCUT2D eigenvalue weighted by molar-refractivity contribution is 0.0976. The number of carbonyl (C=O) groups excluding carboxylic acids is 2. The molecule has 0 aromatic heterocycles. The van der Waals surface area contributed by atoms with E-state index in [0.717, 1.165) is 0 Å². The van der Waals surface area contributed by atoms with E-state index in [0.29, 0.717) is 32.0 Å². The van der Waals surface area contributed by atoms with Gasteiger partial charge in [0.25, 0.3) is 11.8 Å². The van der Waals surface area contributed by atoms with Gasteiger partial charge in [0.15, 0.2) is 5.11 Å². The van der Waals surface area contributed by atoms with E-state index < -0.39 is 0 Å². The van der Waals surface area contributed by atoms with Crippen molar-refractivity contribution in [3.63, 3.8) is 0 Å². The van der Waals surface area contributed by atoms with Crippen molar-refractivity contribution in [3.8, 4) is 0 Å². The third kappa shape index (κ3) is 5.87. The lowest BCUT2D eigenvalue weighted by Crippen LogP contribution is -2.34. The summed E-state index contributed by atoms with van der Waals surface area (Å²) in [6, 6.07) is 20.6. The van der Waals surface area contributed by atoms with Gasteiger partial charge in [0.1, 0.15) is 0 Å². The van der Waals surface area contributed by atoms with Gasteiger partial charge >= 0.3 is 0 Å². The molecule has 146 valence electrons. The highest BCUT2D eigenvalue weighted by Gasteiger charge is 2.11. The zero-order valence-corrected chi connectivity index (χ0v) is 18.1. The van der Waals surface area contributed by atoms with E-state index in [9.17, 15) is 9.59 Å². The predicted octanol–water partition coefficient (Wildman–Crippen LogP) is 5.48. The minimum atomic E-state index is -0.353. The fraction of sp³-hybridized carbons (Fsp3) is 0. The molecule has 0 saturated carbocycles. The largest absolute Gasteiger partial charge is 0.332 e. The summed E-state index contributed by atoms with van der Waals surface area (Å²) < 4.78 is 0.712. The molecule has 3 rings (SSSR count). The third-order valence-corrected chi connectivity index (χ3v) is 4.99. The summed E-state index contributed by atoms with van der Waals surface area (Å²) >= 11 is 14.5. The molecule has 3 N–H and O–H groups in total. The maximum Gasteiger partial charge on any atom is 0.257 e. The van der Waals surface area contributed by atoms with Crippen LogP contribution in [-0.4, -0.2) is 16.9 Å². The number of hydrogen-bond donors (Lipinski definition) is 3. The molecule has 0 saturated heterocycles. The van der Waals surface area contributed by atoms with Gasteiger partial charge in [0.2, 0.25) is 0 Å². The number of anilines is 2. The summed E-state index contributed by atoms with van der Waals surface area (Å²) in [5.41, 5.74) is 2.15. The van der Waals surface area contributed by atoms with Gasteiger partial charge in [-0.25, -0.2) is 0 Å². The Morgan fingerprint density at radius 1 is 0.828 bits per heavy atom. The molecule has 29 heavy (non-hydrogen) atoms. The zero-order valence-electron chi connectivity index (χ0n) is 14.9. The summed E-state index contributed by atoms with van der Waals surface area (Å²) in [6.45, 7) is 0. The SMILES string of the molecule is O=C(NC(=S)Nc1ccc(Br)c(NC(=O)c2ccccc2)c1)c1ccc(Cl)cc1. The second-order valence-corrected chi connectivity index (χ2v) is 7.63. The van der Waals surface area contributed by atoms with Crippen LogP contribution < -0.4 is 16.0 Å². The van der Waals surface area contributed by atoms with Crippen molar-refractivity contribution in [1.82, 2.24) is 5.32 Å². The van der Waals surface area contributed by atoms with Crippen LogP contribution >= 0.6 is 39.7 Å². The molecule has 0 aliphatic carbocycles. The molecule has 0 spiro atoms. The molecule has 2 amide bonds. The Balaban J connectivity index is 1.66. The first-order valence-corrected chi connectivity index (χ1v) is 10.0. The van der Waals surface area contributed by atoms with Gasteiger partial charge in [-0.3, -0.25) is 14.9 Å². The first-order chi connectivity index (χ1) is 13.9. The molecule has 0 radical (unpaired) electrons. The molecule has 0 fully saturated rings. The van der Waals surface area contributed by atoms with E-state index in [2.05, 4.69) is 31.9 Å². The standard InChI is InChI=1S/C21H15BrClN3O2S/c22-17-11-10-16(12-18(17)25-19(27)13-4-2-1-3-5-13)24-21(29)26-20(28)14-6-8-15(23)9-7-14/h1-12H,(H,25,27)(H2,24,26,28,29). The van der Waals surface area contributed by atoms with Gasteiger partial charge in [-0.2, -0.15) is 0 Å². The van der Waals surface area contributed by atoms with E-state index in [1.807, 2.05) is 6.07 Å². The quantitative estimate of drug-likeness (QED) is 0.425. The van der Waals surface area contributed by atoms with E-state index in [4.69, 9.17) is 23.8 Å². The number of benzene rings is 3. The van der Waals surface area contributed by atoms with Crippen molar-refractivity contribution in [2.75, 3.05) is 10.6 Å². The number of rotatable bonds is 4. The van der Waals surface area contributed by atoms with Gasteiger partial charge in [-0.1, -0.05) is 29.8 Å². The predicted molar refractivity (Wildman–Crippen MR) is 124 cm³/mol. The molecule has 8 heteroatoms. The second-order valence-electron chi connectivity index (χ2n) is 5.93. The zero-order chi connectivity index (χ0) is 20.8. The van der Waals surface area contributed by atoms with E-state index in [1.54, 1.807) is 66.7 Å². The van der Waals surface area contributed by atoms with Crippen LogP contribution in [-0.2, 0) is 0 Å². The molecular weight excluding hydrogens is 474 g/mol. The molecule has 3 aromatic rings. The highest BCUT2D eigenvalue weighted by molar-refractivity contribution is 9.10. The second kappa shape index (κ2) is 9.65. The van der Waals surface area contributed by atoms with E-state index in [1.165, 1.54) is 0 Å². The molecule has 0 atom stereocenters. The van der Waals surface area contributed by atoms with Crippen LogP contribution in [0.15, 0.2) is 77.3 Å². The maximum absolute atomic E-state index is 12.4. The molecule has 0 aliphatic heterocycles. The molecule has 0 aliphatic rings. The van der Waals surface area contributed by atoms with Crippen LogP contribution in [0.3, 0.4) is 0 Å². The minimum absolute atomic E-state index is 0.132. The molecule has 3 aromatic carbocycles. The van der Waals surface area contributed by atoms with Crippen molar-refractivity contribution in [2.24, 2.45) is 0 Å². The van der Waals surface area contributed by atoms with Crippen LogP contribution in [0.25, 0.3) is 0 Å². The molecule has 0 bridgehead atoms. The molecular formula is C21H15BrClN3O2S. The van der Waals surface area contributed by atoms with Crippen molar-refractivity contribution in [2.45, 2.75) is 0 Å². The van der Waals surface area contributed by atoms with Crippen molar-refractivity contribution >= 4 is 68.1 Å². The summed E-state index contributed by atoms with van der Waals surface area (Å²) in [5.74, 6) is -0.587. The monoisotopic (exact) mass is 487 g/mol. The Labute approximate surface area is 186 Å².